The van der Waals surface area contributed by atoms with Crippen molar-refractivity contribution in [2.75, 3.05) is 18.0 Å². The summed E-state index contributed by atoms with van der Waals surface area (Å²) < 4.78 is 0. The van der Waals surface area contributed by atoms with Crippen LogP contribution < -0.4 is 10.6 Å². The zero-order chi connectivity index (χ0) is 12.4. The van der Waals surface area contributed by atoms with Gasteiger partial charge in [0.25, 0.3) is 0 Å². The molecule has 0 bridgehead atoms. The van der Waals surface area contributed by atoms with Gasteiger partial charge in [-0.3, -0.25) is 0 Å². The molecular formula is C14H23N3. The maximum absolute atomic E-state index is 5.83. The number of rotatable bonds is 3. The summed E-state index contributed by atoms with van der Waals surface area (Å²) in [6.07, 6.45) is 3.19. The lowest BCUT2D eigenvalue weighted by Gasteiger charge is -2.19. The van der Waals surface area contributed by atoms with Crippen molar-refractivity contribution in [3.05, 3.63) is 23.9 Å². The first-order valence-corrected chi connectivity index (χ1v) is 6.54. The molecule has 2 N–H and O–H groups in total. The average molecular weight is 233 g/mol. The normalized spacial score (nSPS) is 22.2. The first kappa shape index (κ1) is 12.4. The Morgan fingerprint density at radius 3 is 2.59 bits per heavy atom. The van der Waals surface area contributed by atoms with E-state index in [-0.39, 0.29) is 6.04 Å². The first-order valence-electron chi connectivity index (χ1n) is 6.54. The quantitative estimate of drug-likeness (QED) is 0.872. The van der Waals surface area contributed by atoms with Gasteiger partial charge in [-0.25, -0.2) is 4.98 Å². The Bertz CT molecular complexity index is 356. The number of nitrogens with two attached hydrogens (primary N) is 1. The maximum atomic E-state index is 5.83. The Labute approximate surface area is 104 Å². The summed E-state index contributed by atoms with van der Waals surface area (Å²) >= 11 is 0. The van der Waals surface area contributed by atoms with Crippen LogP contribution in [0.3, 0.4) is 0 Å². The van der Waals surface area contributed by atoms with E-state index >= 15 is 0 Å². The molecule has 3 heteroatoms. The number of anilines is 1. The van der Waals surface area contributed by atoms with E-state index in [0.29, 0.717) is 0 Å². The number of hydrogen-bond donors (Lipinski definition) is 1. The smallest absolute Gasteiger partial charge is 0.128 e. The Morgan fingerprint density at radius 1 is 1.35 bits per heavy atom. The van der Waals surface area contributed by atoms with E-state index in [2.05, 4.69) is 35.9 Å². The van der Waals surface area contributed by atoms with E-state index in [1.807, 2.05) is 13.1 Å². The Balaban J connectivity index is 2.04. The number of hydrogen-bond acceptors (Lipinski definition) is 3. The van der Waals surface area contributed by atoms with Gasteiger partial charge in [0.05, 0.1) is 0 Å². The molecule has 2 rings (SSSR count). The first-order chi connectivity index (χ1) is 8.08. The van der Waals surface area contributed by atoms with Crippen molar-refractivity contribution in [1.82, 2.24) is 4.98 Å². The molecule has 1 aromatic heterocycles. The van der Waals surface area contributed by atoms with Crippen molar-refractivity contribution in [3.63, 3.8) is 0 Å². The molecule has 1 saturated heterocycles. The maximum Gasteiger partial charge on any atom is 0.128 e. The molecule has 2 heterocycles. The third kappa shape index (κ3) is 2.78. The van der Waals surface area contributed by atoms with Crippen LogP contribution in [0, 0.1) is 11.8 Å². The fourth-order valence-corrected chi connectivity index (χ4v) is 2.39. The highest BCUT2D eigenvalue weighted by atomic mass is 15.2. The number of nitrogens with zero attached hydrogens (tertiary/aromatic N) is 2. The predicted octanol–water partition coefficient (Wildman–Crippen LogP) is 2.58. The van der Waals surface area contributed by atoms with Gasteiger partial charge in [-0.2, -0.15) is 0 Å². The molecule has 17 heavy (non-hydrogen) atoms. The van der Waals surface area contributed by atoms with Gasteiger partial charge in [-0.05, 0) is 36.8 Å². The van der Waals surface area contributed by atoms with E-state index in [4.69, 9.17) is 5.73 Å². The topological polar surface area (TPSA) is 42.1 Å². The van der Waals surface area contributed by atoms with Gasteiger partial charge in [0.1, 0.15) is 5.82 Å². The molecule has 3 nitrogen and oxygen atoms in total. The molecular weight excluding hydrogens is 210 g/mol. The lowest BCUT2D eigenvalue weighted by atomic mass is 9.95. The minimum absolute atomic E-state index is 0.0681. The van der Waals surface area contributed by atoms with Crippen molar-refractivity contribution >= 4 is 5.82 Å². The van der Waals surface area contributed by atoms with E-state index in [9.17, 15) is 0 Å². The Hall–Kier alpha value is -1.09. The van der Waals surface area contributed by atoms with Crippen LogP contribution in [-0.2, 0) is 0 Å². The third-order valence-corrected chi connectivity index (χ3v) is 3.79. The monoisotopic (exact) mass is 233 g/mol. The highest BCUT2D eigenvalue weighted by Crippen LogP contribution is 2.27. The Kier molecular flexibility index (Phi) is 3.67. The van der Waals surface area contributed by atoms with E-state index in [1.54, 1.807) is 0 Å². The summed E-state index contributed by atoms with van der Waals surface area (Å²) in [7, 11) is 0. The van der Waals surface area contributed by atoms with Gasteiger partial charge >= 0.3 is 0 Å². The van der Waals surface area contributed by atoms with Crippen LogP contribution in [0.2, 0.25) is 0 Å². The Morgan fingerprint density at radius 2 is 2.12 bits per heavy atom. The highest BCUT2D eigenvalue weighted by molar-refractivity contribution is 5.41. The third-order valence-electron chi connectivity index (χ3n) is 3.79. The van der Waals surface area contributed by atoms with E-state index < -0.39 is 0 Å². The molecule has 0 saturated carbocycles. The van der Waals surface area contributed by atoms with Crippen LogP contribution in [0.15, 0.2) is 18.3 Å². The predicted molar refractivity (Wildman–Crippen MR) is 72.0 cm³/mol. The summed E-state index contributed by atoms with van der Waals surface area (Å²) in [6.45, 7) is 8.87. The summed E-state index contributed by atoms with van der Waals surface area (Å²) in [6, 6.07) is 4.26. The second-order valence-corrected chi connectivity index (χ2v) is 5.48. The van der Waals surface area contributed by atoms with Crippen LogP contribution in [0.4, 0.5) is 5.82 Å². The summed E-state index contributed by atoms with van der Waals surface area (Å²) in [5.74, 6) is 2.67. The van der Waals surface area contributed by atoms with Gasteiger partial charge < -0.3 is 10.6 Å². The van der Waals surface area contributed by atoms with Crippen LogP contribution in [0.1, 0.15) is 38.8 Å². The molecule has 1 aromatic rings. The molecule has 0 amide bonds. The molecule has 1 unspecified atom stereocenters. The van der Waals surface area contributed by atoms with Gasteiger partial charge in [0.2, 0.25) is 0 Å². The summed E-state index contributed by atoms with van der Waals surface area (Å²) in [5, 5.41) is 0. The summed E-state index contributed by atoms with van der Waals surface area (Å²) in [5.41, 5.74) is 6.93. The largest absolute Gasteiger partial charge is 0.356 e. The summed E-state index contributed by atoms with van der Waals surface area (Å²) in [4.78, 5) is 6.91. The fourth-order valence-electron chi connectivity index (χ4n) is 2.39. The van der Waals surface area contributed by atoms with Gasteiger partial charge in [0.15, 0.2) is 0 Å². The van der Waals surface area contributed by atoms with Crippen molar-refractivity contribution in [1.29, 1.82) is 0 Å². The second kappa shape index (κ2) is 5.05. The SMILES string of the molecule is CC(C)C1CCN(c2ccc([C@H](C)N)cn2)C1. The molecule has 94 valence electrons. The van der Waals surface area contributed by atoms with Crippen LogP contribution in [0.5, 0.6) is 0 Å². The average Bonchev–Trinajstić information content (AvgIpc) is 2.78. The van der Waals surface area contributed by atoms with Crippen LogP contribution in [-0.4, -0.2) is 18.1 Å². The molecule has 0 spiro atoms. The van der Waals surface area contributed by atoms with Gasteiger partial charge in [0, 0.05) is 25.3 Å². The minimum Gasteiger partial charge on any atom is -0.356 e. The zero-order valence-corrected chi connectivity index (χ0v) is 11.1. The molecule has 2 atom stereocenters. The van der Waals surface area contributed by atoms with Gasteiger partial charge in [-0.1, -0.05) is 19.9 Å². The number of pyridine rings is 1. The molecule has 1 aliphatic rings. The molecule has 1 fully saturated rings. The molecule has 1 aliphatic heterocycles. The minimum atomic E-state index is 0.0681. The molecule has 0 aliphatic carbocycles. The van der Waals surface area contributed by atoms with Crippen molar-refractivity contribution < 1.29 is 0 Å². The van der Waals surface area contributed by atoms with Crippen LogP contribution in [0.25, 0.3) is 0 Å². The molecule has 0 aromatic carbocycles. The standard InChI is InChI=1S/C14H23N3/c1-10(2)13-6-7-17(9-13)14-5-4-12(8-16-14)11(3)15/h4-5,8,10-11,13H,6-7,9,15H2,1-3H3/t11-,13?/m0/s1. The zero-order valence-electron chi connectivity index (χ0n) is 11.1. The van der Waals surface area contributed by atoms with Crippen LogP contribution >= 0.6 is 0 Å². The number of aromatic nitrogens is 1. The van der Waals surface area contributed by atoms with Crippen molar-refractivity contribution in [2.24, 2.45) is 17.6 Å². The van der Waals surface area contributed by atoms with Gasteiger partial charge in [-0.15, -0.1) is 0 Å². The van der Waals surface area contributed by atoms with Crippen molar-refractivity contribution in [2.45, 2.75) is 33.2 Å². The van der Waals surface area contributed by atoms with Crippen molar-refractivity contribution in [3.8, 4) is 0 Å². The van der Waals surface area contributed by atoms with E-state index in [0.717, 1.165) is 36.3 Å². The highest BCUT2D eigenvalue weighted by Gasteiger charge is 2.25. The fraction of sp³-hybridized carbons (Fsp3) is 0.643. The van der Waals surface area contributed by atoms with E-state index in [1.165, 1.54) is 6.42 Å². The second-order valence-electron chi connectivity index (χ2n) is 5.48. The molecule has 0 radical (unpaired) electrons. The lowest BCUT2D eigenvalue weighted by Crippen LogP contribution is -2.22. The lowest BCUT2D eigenvalue weighted by molar-refractivity contribution is 0.422.